The molecule has 1 aliphatic rings. The van der Waals surface area contributed by atoms with Gasteiger partial charge in [-0.2, -0.15) is 5.10 Å². The Labute approximate surface area is 153 Å². The summed E-state index contributed by atoms with van der Waals surface area (Å²) in [6, 6.07) is 19.7. The molecule has 1 fully saturated rings. The predicted octanol–water partition coefficient (Wildman–Crippen LogP) is 4.38. The minimum atomic E-state index is -0.248. The van der Waals surface area contributed by atoms with Crippen molar-refractivity contribution in [2.45, 2.75) is 31.7 Å². The Morgan fingerprint density at radius 3 is 2.54 bits per heavy atom. The van der Waals surface area contributed by atoms with Gasteiger partial charge in [-0.05, 0) is 56.0 Å². The lowest BCUT2D eigenvalue weighted by Gasteiger charge is -2.43. The van der Waals surface area contributed by atoms with Crippen LogP contribution in [0.5, 0.6) is 0 Å². The summed E-state index contributed by atoms with van der Waals surface area (Å²) in [6.45, 7) is 2.00. The van der Waals surface area contributed by atoms with Gasteiger partial charge in [-0.1, -0.05) is 36.4 Å². The van der Waals surface area contributed by atoms with Crippen molar-refractivity contribution in [3.8, 4) is 5.69 Å². The van der Waals surface area contributed by atoms with E-state index in [9.17, 15) is 4.79 Å². The van der Waals surface area contributed by atoms with E-state index in [-0.39, 0.29) is 11.6 Å². The lowest BCUT2D eigenvalue weighted by Crippen LogP contribution is -2.52. The molecule has 0 atom stereocenters. The van der Waals surface area contributed by atoms with E-state index >= 15 is 0 Å². The minimum Gasteiger partial charge on any atom is -0.328 e. The molecule has 3 aromatic rings. The summed E-state index contributed by atoms with van der Waals surface area (Å²) in [6.07, 6.45) is 4.83. The normalized spacial score (nSPS) is 15.1. The maximum Gasteiger partial charge on any atom is 0.319 e. The summed E-state index contributed by atoms with van der Waals surface area (Å²) in [4.78, 5) is 12.6. The highest BCUT2D eigenvalue weighted by molar-refractivity contribution is 5.90. The number of nitrogens with zero attached hydrogens (tertiary/aromatic N) is 2. The highest BCUT2D eigenvalue weighted by atomic mass is 16.2. The number of hydrogen-bond acceptors (Lipinski definition) is 2. The van der Waals surface area contributed by atoms with Crippen LogP contribution in [0.1, 0.15) is 30.5 Å². The number of anilines is 1. The van der Waals surface area contributed by atoms with Crippen LogP contribution in [0.4, 0.5) is 10.5 Å². The van der Waals surface area contributed by atoms with Crippen molar-refractivity contribution in [3.05, 3.63) is 78.1 Å². The molecule has 2 aromatic carbocycles. The molecule has 5 nitrogen and oxygen atoms in total. The molecule has 0 spiro atoms. The van der Waals surface area contributed by atoms with E-state index < -0.39 is 0 Å². The van der Waals surface area contributed by atoms with Crippen LogP contribution in [0.2, 0.25) is 0 Å². The number of rotatable bonds is 4. The molecule has 2 amide bonds. The monoisotopic (exact) mass is 346 g/mol. The third-order valence-electron chi connectivity index (χ3n) is 5.07. The van der Waals surface area contributed by atoms with Gasteiger partial charge in [-0.25, -0.2) is 9.48 Å². The fourth-order valence-corrected chi connectivity index (χ4v) is 3.51. The summed E-state index contributed by atoms with van der Waals surface area (Å²) in [5.74, 6) is 0. The molecular weight excluding hydrogens is 324 g/mol. The van der Waals surface area contributed by atoms with Crippen LogP contribution >= 0.6 is 0 Å². The standard InChI is InChI=1S/C21H22N4O/c1-16-11-14-22-25(16)19-10-5-9-18(15-19)23-20(26)24-21(12-6-13-21)17-7-3-2-4-8-17/h2-5,7-11,14-15H,6,12-13H2,1H3,(H2,23,24,26). The van der Waals surface area contributed by atoms with E-state index in [1.165, 1.54) is 5.56 Å². The van der Waals surface area contributed by atoms with E-state index in [2.05, 4.69) is 27.9 Å². The first-order valence-electron chi connectivity index (χ1n) is 8.92. The second-order valence-corrected chi connectivity index (χ2v) is 6.82. The minimum absolute atomic E-state index is 0.178. The van der Waals surface area contributed by atoms with E-state index in [4.69, 9.17) is 0 Å². The Bertz CT molecular complexity index is 913. The molecule has 1 aromatic heterocycles. The van der Waals surface area contributed by atoms with Crippen LogP contribution in [0.25, 0.3) is 5.69 Å². The van der Waals surface area contributed by atoms with Crippen molar-refractivity contribution in [2.75, 3.05) is 5.32 Å². The molecule has 1 saturated carbocycles. The van der Waals surface area contributed by atoms with Crippen LogP contribution in [0.3, 0.4) is 0 Å². The third kappa shape index (κ3) is 3.08. The summed E-state index contributed by atoms with van der Waals surface area (Å²) in [5.41, 5.74) is 3.64. The lowest BCUT2D eigenvalue weighted by atomic mass is 9.72. The van der Waals surface area contributed by atoms with Crippen molar-refractivity contribution in [3.63, 3.8) is 0 Å². The SMILES string of the molecule is Cc1ccnn1-c1cccc(NC(=O)NC2(c3ccccc3)CCC2)c1. The van der Waals surface area contributed by atoms with Gasteiger partial charge in [0.05, 0.1) is 11.2 Å². The number of carbonyl (C=O) groups excluding carboxylic acids is 1. The molecular formula is C21H22N4O. The number of benzene rings is 2. The predicted molar refractivity (Wildman–Crippen MR) is 102 cm³/mol. The maximum absolute atomic E-state index is 12.6. The lowest BCUT2D eigenvalue weighted by molar-refractivity contribution is 0.185. The fourth-order valence-electron chi connectivity index (χ4n) is 3.51. The number of hydrogen-bond donors (Lipinski definition) is 2. The van der Waals surface area contributed by atoms with Crippen molar-refractivity contribution in [1.82, 2.24) is 15.1 Å². The van der Waals surface area contributed by atoms with Crippen LogP contribution in [0.15, 0.2) is 66.9 Å². The fraction of sp³-hybridized carbons (Fsp3) is 0.238. The molecule has 4 rings (SSSR count). The topological polar surface area (TPSA) is 59.0 Å². The quantitative estimate of drug-likeness (QED) is 0.736. The number of aryl methyl sites for hydroxylation is 1. The molecule has 0 bridgehead atoms. The molecule has 1 aliphatic carbocycles. The Kier molecular flexibility index (Phi) is 4.21. The molecule has 0 aliphatic heterocycles. The van der Waals surface area contributed by atoms with Gasteiger partial charge in [0.2, 0.25) is 0 Å². The first-order chi connectivity index (χ1) is 12.7. The van der Waals surface area contributed by atoms with Crippen molar-refractivity contribution in [2.24, 2.45) is 0 Å². The summed E-state index contributed by atoms with van der Waals surface area (Å²) in [7, 11) is 0. The van der Waals surface area contributed by atoms with Crippen molar-refractivity contribution in [1.29, 1.82) is 0 Å². The second kappa shape index (κ2) is 6.67. The molecule has 5 heteroatoms. The first-order valence-corrected chi connectivity index (χ1v) is 8.92. The first kappa shape index (κ1) is 16.4. The molecule has 1 heterocycles. The number of amides is 2. The zero-order chi connectivity index (χ0) is 18.0. The van der Waals surface area contributed by atoms with Gasteiger partial charge in [0.25, 0.3) is 0 Å². The van der Waals surface area contributed by atoms with Gasteiger partial charge in [0.15, 0.2) is 0 Å². The average Bonchev–Trinajstić information content (AvgIpc) is 3.05. The number of carbonyl (C=O) groups is 1. The summed E-state index contributed by atoms with van der Waals surface area (Å²) >= 11 is 0. The van der Waals surface area contributed by atoms with E-state index in [0.29, 0.717) is 0 Å². The van der Waals surface area contributed by atoms with Gasteiger partial charge in [-0.3, -0.25) is 0 Å². The molecule has 2 N–H and O–H groups in total. The number of aromatic nitrogens is 2. The van der Waals surface area contributed by atoms with Gasteiger partial charge < -0.3 is 10.6 Å². The van der Waals surface area contributed by atoms with Gasteiger partial charge in [-0.15, -0.1) is 0 Å². The zero-order valence-electron chi connectivity index (χ0n) is 14.8. The molecule has 0 unspecified atom stereocenters. The average molecular weight is 346 g/mol. The van der Waals surface area contributed by atoms with Crippen LogP contribution in [-0.4, -0.2) is 15.8 Å². The molecule has 0 radical (unpaired) electrons. The Morgan fingerprint density at radius 2 is 1.88 bits per heavy atom. The largest absolute Gasteiger partial charge is 0.328 e. The molecule has 0 saturated heterocycles. The molecule has 132 valence electrons. The van der Waals surface area contributed by atoms with E-state index in [1.807, 2.05) is 60.1 Å². The van der Waals surface area contributed by atoms with Gasteiger partial charge in [0, 0.05) is 17.6 Å². The zero-order valence-corrected chi connectivity index (χ0v) is 14.8. The van der Waals surface area contributed by atoms with Crippen molar-refractivity contribution >= 4 is 11.7 Å². The van der Waals surface area contributed by atoms with Gasteiger partial charge >= 0.3 is 6.03 Å². The van der Waals surface area contributed by atoms with Crippen LogP contribution in [-0.2, 0) is 5.54 Å². The Morgan fingerprint density at radius 1 is 1.08 bits per heavy atom. The van der Waals surface area contributed by atoms with Crippen molar-refractivity contribution < 1.29 is 4.79 Å². The van der Waals surface area contributed by atoms with E-state index in [1.54, 1.807) is 6.20 Å². The molecule has 26 heavy (non-hydrogen) atoms. The highest BCUT2D eigenvalue weighted by Gasteiger charge is 2.39. The Balaban J connectivity index is 1.49. The summed E-state index contributed by atoms with van der Waals surface area (Å²) in [5, 5.41) is 10.5. The second-order valence-electron chi connectivity index (χ2n) is 6.82. The maximum atomic E-state index is 12.6. The Hall–Kier alpha value is -3.08. The summed E-state index contributed by atoms with van der Waals surface area (Å²) < 4.78 is 1.85. The van der Waals surface area contributed by atoms with Gasteiger partial charge in [0.1, 0.15) is 0 Å². The number of nitrogens with one attached hydrogen (secondary N) is 2. The van der Waals surface area contributed by atoms with Crippen LogP contribution < -0.4 is 10.6 Å². The van der Waals surface area contributed by atoms with Crippen LogP contribution in [0, 0.1) is 6.92 Å². The number of urea groups is 1. The highest BCUT2D eigenvalue weighted by Crippen LogP contribution is 2.41. The smallest absolute Gasteiger partial charge is 0.319 e. The van der Waals surface area contributed by atoms with E-state index in [0.717, 1.165) is 36.3 Å². The third-order valence-corrected chi connectivity index (χ3v) is 5.07.